The monoisotopic (exact) mass is 341 g/mol. The molecular weight excluding hydrogens is 319 g/mol. The summed E-state index contributed by atoms with van der Waals surface area (Å²) in [5.41, 5.74) is 2.46. The number of carbonyl (C=O) groups excluding carboxylic acids is 1. The zero-order valence-corrected chi connectivity index (χ0v) is 14.1. The Bertz CT molecular complexity index is 694. The molecule has 1 aliphatic heterocycles. The molecule has 3 nitrogen and oxygen atoms in total. The summed E-state index contributed by atoms with van der Waals surface area (Å²) in [6, 6.07) is 14.8. The van der Waals surface area contributed by atoms with Gasteiger partial charge in [0.05, 0.1) is 6.42 Å². The molecule has 1 radical (unpaired) electrons. The van der Waals surface area contributed by atoms with Gasteiger partial charge < -0.3 is 9.47 Å². The van der Waals surface area contributed by atoms with Crippen LogP contribution in [-0.4, -0.2) is 19.2 Å². The zero-order valence-electron chi connectivity index (χ0n) is 14.1. The van der Waals surface area contributed by atoms with Crippen LogP contribution in [0.15, 0.2) is 48.5 Å². The third-order valence-corrected chi connectivity index (χ3v) is 4.45. The zero-order chi connectivity index (χ0) is 17.5. The van der Waals surface area contributed by atoms with Crippen LogP contribution >= 0.6 is 0 Å². The van der Waals surface area contributed by atoms with E-state index < -0.39 is 5.97 Å². The summed E-state index contributed by atoms with van der Waals surface area (Å²) in [7, 11) is 0. The molecule has 131 valence electrons. The van der Waals surface area contributed by atoms with Gasteiger partial charge in [0.15, 0.2) is 0 Å². The summed E-state index contributed by atoms with van der Waals surface area (Å²) < 4.78 is 24.9. The summed E-state index contributed by atoms with van der Waals surface area (Å²) in [5, 5.41) is 0. The second-order valence-corrected chi connectivity index (χ2v) is 6.24. The lowest BCUT2D eigenvalue weighted by atomic mass is 9.90. The molecule has 0 bridgehead atoms. The highest BCUT2D eigenvalue weighted by Gasteiger charge is 2.19. The lowest BCUT2D eigenvalue weighted by Crippen LogP contribution is -2.15. The first-order valence-electron chi connectivity index (χ1n) is 8.62. The highest BCUT2D eigenvalue weighted by molar-refractivity contribution is 5.79. The maximum atomic E-state index is 14.4. The number of rotatable bonds is 6. The molecule has 1 heterocycles. The fourth-order valence-electron chi connectivity index (χ4n) is 3.03. The molecule has 0 saturated carbocycles. The molecule has 4 heteroatoms. The smallest absolute Gasteiger partial charge is 0.310 e. The fraction of sp³-hybridized carbons (Fsp3) is 0.333. The minimum Gasteiger partial charge on any atom is -0.461 e. The van der Waals surface area contributed by atoms with Crippen molar-refractivity contribution in [3.63, 3.8) is 0 Å². The summed E-state index contributed by atoms with van der Waals surface area (Å²) in [6.45, 7) is 1.62. The van der Waals surface area contributed by atoms with Crippen LogP contribution in [0.1, 0.15) is 35.4 Å². The molecule has 0 amide bonds. The first-order valence-corrected chi connectivity index (χ1v) is 8.62. The van der Waals surface area contributed by atoms with Crippen molar-refractivity contribution in [2.24, 2.45) is 0 Å². The Morgan fingerprint density at radius 2 is 1.88 bits per heavy atom. The number of hydrogen-bond donors (Lipinski definition) is 0. The molecule has 2 aromatic rings. The molecule has 0 atom stereocenters. The third kappa shape index (κ3) is 5.13. The predicted molar refractivity (Wildman–Crippen MR) is 93.4 cm³/mol. The van der Waals surface area contributed by atoms with Gasteiger partial charge in [-0.3, -0.25) is 4.79 Å². The topological polar surface area (TPSA) is 35.5 Å². The van der Waals surface area contributed by atoms with Crippen molar-refractivity contribution >= 4 is 5.97 Å². The van der Waals surface area contributed by atoms with Crippen molar-refractivity contribution in [3.05, 3.63) is 77.5 Å². The Morgan fingerprint density at radius 3 is 2.60 bits per heavy atom. The van der Waals surface area contributed by atoms with Crippen LogP contribution < -0.4 is 0 Å². The molecular formula is C21H22FO3. The van der Waals surface area contributed by atoms with Gasteiger partial charge in [-0.15, -0.1) is 0 Å². The molecule has 2 aromatic carbocycles. The van der Waals surface area contributed by atoms with Crippen molar-refractivity contribution in [1.82, 2.24) is 0 Å². The molecule has 0 unspecified atom stereocenters. The van der Waals surface area contributed by atoms with Crippen molar-refractivity contribution in [1.29, 1.82) is 0 Å². The Morgan fingerprint density at radius 1 is 1.12 bits per heavy atom. The molecule has 1 saturated heterocycles. The Kier molecular flexibility index (Phi) is 6.18. The van der Waals surface area contributed by atoms with E-state index in [-0.39, 0.29) is 18.3 Å². The number of benzene rings is 2. The molecule has 1 aliphatic rings. The van der Waals surface area contributed by atoms with Gasteiger partial charge in [-0.1, -0.05) is 42.5 Å². The van der Waals surface area contributed by atoms with Crippen LogP contribution in [0, 0.1) is 12.2 Å². The second-order valence-electron chi connectivity index (χ2n) is 6.24. The molecule has 0 aliphatic carbocycles. The van der Waals surface area contributed by atoms with Crippen LogP contribution in [0.2, 0.25) is 0 Å². The van der Waals surface area contributed by atoms with Crippen molar-refractivity contribution in [2.45, 2.75) is 31.8 Å². The highest BCUT2D eigenvalue weighted by atomic mass is 19.1. The van der Waals surface area contributed by atoms with Crippen LogP contribution in [0.25, 0.3) is 0 Å². The number of halogens is 1. The average Bonchev–Trinajstić information content (AvgIpc) is 2.66. The molecule has 0 spiro atoms. The largest absolute Gasteiger partial charge is 0.461 e. The minimum absolute atomic E-state index is 0.199. The summed E-state index contributed by atoms with van der Waals surface area (Å²) >= 11 is 0. The van der Waals surface area contributed by atoms with Gasteiger partial charge in [0.2, 0.25) is 0 Å². The van der Waals surface area contributed by atoms with Gasteiger partial charge >= 0.3 is 5.97 Å². The third-order valence-electron chi connectivity index (χ3n) is 4.45. The van der Waals surface area contributed by atoms with E-state index in [1.807, 2.05) is 42.5 Å². The van der Waals surface area contributed by atoms with Gasteiger partial charge in [0.25, 0.3) is 0 Å². The van der Waals surface area contributed by atoms with E-state index in [1.54, 1.807) is 0 Å². The minimum atomic E-state index is -0.391. The number of ether oxygens (including phenoxy) is 2. The molecule has 3 rings (SSSR count). The fourth-order valence-corrected chi connectivity index (χ4v) is 3.03. The van der Waals surface area contributed by atoms with Gasteiger partial charge in [0.1, 0.15) is 12.4 Å². The van der Waals surface area contributed by atoms with Crippen molar-refractivity contribution in [3.8, 4) is 0 Å². The maximum Gasteiger partial charge on any atom is 0.310 e. The van der Waals surface area contributed by atoms with Crippen LogP contribution in [0.3, 0.4) is 0 Å². The first-order chi connectivity index (χ1) is 12.2. The van der Waals surface area contributed by atoms with Crippen molar-refractivity contribution in [2.75, 3.05) is 13.2 Å². The highest BCUT2D eigenvalue weighted by Crippen LogP contribution is 2.29. The number of esters is 1. The molecule has 25 heavy (non-hydrogen) atoms. The predicted octanol–water partition coefficient (Wildman–Crippen LogP) is 4.21. The standard InChI is InChI=1S/C21H22FO3/c22-20-14-16(6-8-19(20)18-10-12-24-13-11-18)7-9-21(23)25-15-17-4-2-1-3-5-17/h1-6,8-9,14,18H,7,10-13,15H2. The van der Waals surface area contributed by atoms with Crippen LogP contribution in [-0.2, 0) is 27.3 Å². The van der Waals surface area contributed by atoms with Crippen molar-refractivity contribution < 1.29 is 18.7 Å². The number of carbonyl (C=O) groups is 1. The Hall–Kier alpha value is -2.20. The molecule has 1 fully saturated rings. The van der Waals surface area contributed by atoms with Gasteiger partial charge in [-0.2, -0.15) is 0 Å². The first kappa shape index (κ1) is 17.6. The summed E-state index contributed by atoms with van der Waals surface area (Å²) in [6.07, 6.45) is 3.52. The van der Waals surface area contributed by atoms with E-state index in [4.69, 9.17) is 9.47 Å². The van der Waals surface area contributed by atoms with Crippen LogP contribution in [0.4, 0.5) is 4.39 Å². The van der Waals surface area contributed by atoms with E-state index in [1.165, 1.54) is 12.5 Å². The van der Waals surface area contributed by atoms with E-state index in [0.29, 0.717) is 19.6 Å². The van der Waals surface area contributed by atoms with Gasteiger partial charge in [-0.25, -0.2) is 4.39 Å². The maximum absolute atomic E-state index is 14.4. The summed E-state index contributed by atoms with van der Waals surface area (Å²) in [4.78, 5) is 11.8. The van der Waals surface area contributed by atoms with E-state index in [0.717, 1.165) is 29.5 Å². The lowest BCUT2D eigenvalue weighted by Gasteiger charge is -2.23. The average molecular weight is 341 g/mol. The molecule has 0 N–H and O–H groups in total. The van der Waals surface area contributed by atoms with E-state index in [2.05, 4.69) is 0 Å². The van der Waals surface area contributed by atoms with E-state index >= 15 is 0 Å². The Labute approximate surface area is 147 Å². The molecule has 0 aromatic heterocycles. The van der Waals surface area contributed by atoms with E-state index in [9.17, 15) is 9.18 Å². The quantitative estimate of drug-likeness (QED) is 0.739. The number of hydrogen-bond acceptors (Lipinski definition) is 3. The normalized spacial score (nSPS) is 15.1. The lowest BCUT2D eigenvalue weighted by molar-refractivity contribution is -0.140. The second kappa shape index (κ2) is 8.77. The Balaban J connectivity index is 1.49. The SMILES string of the molecule is O=C([CH]Cc1ccc(C2CCOCC2)c(F)c1)OCc1ccccc1. The van der Waals surface area contributed by atoms with Gasteiger partial charge in [0, 0.05) is 13.2 Å². The van der Waals surface area contributed by atoms with Gasteiger partial charge in [-0.05, 0) is 47.9 Å². The van der Waals surface area contributed by atoms with Crippen LogP contribution in [0.5, 0.6) is 0 Å². The summed E-state index contributed by atoms with van der Waals surface area (Å²) in [5.74, 6) is -0.365.